The Bertz CT molecular complexity index is 474. The fraction of sp³-hybridized carbons (Fsp3) is 0.500. The normalized spacial score (nSPS) is 16.2. The summed E-state index contributed by atoms with van der Waals surface area (Å²) in [7, 11) is 1.72. The molecule has 1 aliphatic rings. The summed E-state index contributed by atoms with van der Waals surface area (Å²) in [6.45, 7) is 3.97. The molecule has 0 radical (unpaired) electrons. The highest BCUT2D eigenvalue weighted by Crippen LogP contribution is 2.35. The van der Waals surface area contributed by atoms with Crippen LogP contribution in [0.25, 0.3) is 0 Å². The number of ether oxygens (including phenoxy) is 2. The van der Waals surface area contributed by atoms with Crippen LogP contribution in [0.2, 0.25) is 0 Å². The Morgan fingerprint density at radius 2 is 2.30 bits per heavy atom. The molecule has 1 unspecified atom stereocenters. The minimum atomic E-state index is 0.165. The maximum Gasteiger partial charge on any atom is 0.125 e. The molecule has 1 N–H and O–H groups in total. The molecule has 20 heavy (non-hydrogen) atoms. The monoisotopic (exact) mass is 339 g/mol. The SMILES string of the molecule is CCCNC(C1=COCCC1)c1ccc(Br)cc1OC. The molecular formula is C16H22BrNO2. The first-order valence-corrected chi connectivity index (χ1v) is 7.93. The molecule has 0 bridgehead atoms. The second-order valence-electron chi connectivity index (χ2n) is 4.94. The minimum Gasteiger partial charge on any atom is -0.501 e. The number of hydrogen-bond donors (Lipinski definition) is 1. The number of halogens is 1. The average molecular weight is 340 g/mol. The van der Waals surface area contributed by atoms with Crippen LogP contribution in [-0.4, -0.2) is 20.3 Å². The van der Waals surface area contributed by atoms with Crippen molar-refractivity contribution in [3.8, 4) is 5.75 Å². The molecule has 0 saturated heterocycles. The van der Waals surface area contributed by atoms with Gasteiger partial charge in [0.2, 0.25) is 0 Å². The van der Waals surface area contributed by atoms with Crippen LogP contribution in [0.4, 0.5) is 0 Å². The van der Waals surface area contributed by atoms with E-state index in [2.05, 4.69) is 40.3 Å². The van der Waals surface area contributed by atoms with Crippen LogP contribution in [0.3, 0.4) is 0 Å². The van der Waals surface area contributed by atoms with Crippen molar-refractivity contribution in [3.63, 3.8) is 0 Å². The fourth-order valence-electron chi connectivity index (χ4n) is 2.45. The van der Waals surface area contributed by atoms with E-state index in [1.807, 2.05) is 12.3 Å². The number of hydrogen-bond acceptors (Lipinski definition) is 3. The lowest BCUT2D eigenvalue weighted by molar-refractivity contribution is 0.219. The number of methoxy groups -OCH3 is 1. The van der Waals surface area contributed by atoms with Crippen LogP contribution in [0, 0.1) is 0 Å². The first kappa shape index (κ1) is 15.4. The van der Waals surface area contributed by atoms with E-state index >= 15 is 0 Å². The van der Waals surface area contributed by atoms with Crippen molar-refractivity contribution in [2.24, 2.45) is 0 Å². The lowest BCUT2D eigenvalue weighted by atomic mass is 9.94. The van der Waals surface area contributed by atoms with Crippen molar-refractivity contribution in [1.82, 2.24) is 5.32 Å². The molecule has 1 aliphatic heterocycles. The quantitative estimate of drug-likeness (QED) is 0.842. The Hall–Kier alpha value is -1.00. The van der Waals surface area contributed by atoms with Gasteiger partial charge >= 0.3 is 0 Å². The van der Waals surface area contributed by atoms with Gasteiger partial charge in [-0.3, -0.25) is 0 Å². The highest BCUT2D eigenvalue weighted by Gasteiger charge is 2.21. The Morgan fingerprint density at radius 1 is 1.45 bits per heavy atom. The molecule has 3 nitrogen and oxygen atoms in total. The first-order valence-electron chi connectivity index (χ1n) is 7.13. The fourth-order valence-corrected chi connectivity index (χ4v) is 2.79. The Kier molecular flexibility index (Phi) is 5.92. The van der Waals surface area contributed by atoms with Gasteiger partial charge in [-0.05, 0) is 43.5 Å². The summed E-state index contributed by atoms with van der Waals surface area (Å²) in [5.41, 5.74) is 2.46. The third-order valence-electron chi connectivity index (χ3n) is 3.44. The van der Waals surface area contributed by atoms with Crippen molar-refractivity contribution in [1.29, 1.82) is 0 Å². The maximum atomic E-state index is 5.54. The molecule has 1 aromatic carbocycles. The number of nitrogens with one attached hydrogen (secondary N) is 1. The zero-order valence-corrected chi connectivity index (χ0v) is 13.7. The summed E-state index contributed by atoms with van der Waals surface area (Å²) < 4.78 is 12.1. The Morgan fingerprint density at radius 3 is 2.95 bits per heavy atom. The molecule has 1 aromatic rings. The van der Waals surface area contributed by atoms with Gasteiger partial charge in [0.15, 0.2) is 0 Å². The molecule has 0 aromatic heterocycles. The van der Waals surface area contributed by atoms with Gasteiger partial charge in [0.05, 0.1) is 26.0 Å². The van der Waals surface area contributed by atoms with Crippen LogP contribution in [0.1, 0.15) is 37.8 Å². The molecule has 4 heteroatoms. The Labute approximate surface area is 129 Å². The molecule has 0 aliphatic carbocycles. The van der Waals surface area contributed by atoms with Crippen LogP contribution in [0.15, 0.2) is 34.5 Å². The van der Waals surface area contributed by atoms with E-state index in [0.717, 1.165) is 42.6 Å². The summed E-state index contributed by atoms with van der Waals surface area (Å²) in [5.74, 6) is 0.902. The molecule has 0 amide bonds. The predicted molar refractivity (Wildman–Crippen MR) is 85.0 cm³/mol. The minimum absolute atomic E-state index is 0.165. The van der Waals surface area contributed by atoms with E-state index in [0.29, 0.717) is 0 Å². The van der Waals surface area contributed by atoms with E-state index in [-0.39, 0.29) is 6.04 Å². The second kappa shape index (κ2) is 7.70. The molecular weight excluding hydrogens is 318 g/mol. The maximum absolute atomic E-state index is 5.54. The summed E-state index contributed by atoms with van der Waals surface area (Å²) in [6.07, 6.45) is 5.16. The summed E-state index contributed by atoms with van der Waals surface area (Å²) in [6, 6.07) is 6.35. The van der Waals surface area contributed by atoms with Gasteiger partial charge in [-0.1, -0.05) is 28.9 Å². The Balaban J connectivity index is 2.32. The highest BCUT2D eigenvalue weighted by atomic mass is 79.9. The molecule has 0 saturated carbocycles. The van der Waals surface area contributed by atoms with Gasteiger partial charge < -0.3 is 14.8 Å². The smallest absolute Gasteiger partial charge is 0.125 e. The van der Waals surface area contributed by atoms with Crippen LogP contribution >= 0.6 is 15.9 Å². The molecule has 1 heterocycles. The van der Waals surface area contributed by atoms with Crippen LogP contribution in [-0.2, 0) is 4.74 Å². The van der Waals surface area contributed by atoms with E-state index in [1.165, 1.54) is 11.1 Å². The van der Waals surface area contributed by atoms with Crippen molar-refractivity contribution >= 4 is 15.9 Å². The van der Waals surface area contributed by atoms with Crippen LogP contribution < -0.4 is 10.1 Å². The van der Waals surface area contributed by atoms with Crippen molar-refractivity contribution < 1.29 is 9.47 Å². The third kappa shape index (κ3) is 3.76. The molecule has 2 rings (SSSR count). The number of benzene rings is 1. The van der Waals surface area contributed by atoms with Crippen molar-refractivity contribution in [3.05, 3.63) is 40.1 Å². The second-order valence-corrected chi connectivity index (χ2v) is 5.86. The molecule has 0 spiro atoms. The largest absolute Gasteiger partial charge is 0.501 e. The van der Waals surface area contributed by atoms with Gasteiger partial charge in [0.1, 0.15) is 5.75 Å². The standard InChI is InChI=1S/C16H22BrNO2/c1-3-8-18-16(12-5-4-9-20-11-12)14-7-6-13(17)10-15(14)19-2/h6-7,10-11,16,18H,3-5,8-9H2,1-2H3. The van der Waals surface area contributed by atoms with Crippen molar-refractivity contribution in [2.45, 2.75) is 32.2 Å². The van der Waals surface area contributed by atoms with Crippen LogP contribution in [0.5, 0.6) is 5.75 Å². The predicted octanol–water partition coefficient (Wildman–Crippen LogP) is 4.19. The third-order valence-corrected chi connectivity index (χ3v) is 3.93. The van der Waals surface area contributed by atoms with E-state index in [1.54, 1.807) is 7.11 Å². The van der Waals surface area contributed by atoms with E-state index in [4.69, 9.17) is 9.47 Å². The lowest BCUT2D eigenvalue weighted by Crippen LogP contribution is -2.25. The molecule has 1 atom stereocenters. The summed E-state index contributed by atoms with van der Waals surface area (Å²) in [5, 5.41) is 3.61. The first-order chi connectivity index (χ1) is 9.76. The van der Waals surface area contributed by atoms with Gasteiger partial charge in [-0.15, -0.1) is 0 Å². The van der Waals surface area contributed by atoms with Gasteiger partial charge in [0.25, 0.3) is 0 Å². The topological polar surface area (TPSA) is 30.5 Å². The van der Waals surface area contributed by atoms with Gasteiger partial charge in [-0.2, -0.15) is 0 Å². The van der Waals surface area contributed by atoms with Crippen molar-refractivity contribution in [2.75, 3.05) is 20.3 Å². The zero-order valence-electron chi connectivity index (χ0n) is 12.1. The number of rotatable bonds is 6. The van der Waals surface area contributed by atoms with Gasteiger partial charge in [-0.25, -0.2) is 0 Å². The van der Waals surface area contributed by atoms with E-state index in [9.17, 15) is 0 Å². The van der Waals surface area contributed by atoms with E-state index < -0.39 is 0 Å². The summed E-state index contributed by atoms with van der Waals surface area (Å²) in [4.78, 5) is 0. The average Bonchev–Trinajstić information content (AvgIpc) is 2.49. The highest BCUT2D eigenvalue weighted by molar-refractivity contribution is 9.10. The molecule has 110 valence electrons. The summed E-state index contributed by atoms with van der Waals surface area (Å²) >= 11 is 3.50. The molecule has 0 fully saturated rings. The van der Waals surface area contributed by atoms with Gasteiger partial charge in [0, 0.05) is 10.0 Å². The zero-order chi connectivity index (χ0) is 14.4. The lowest BCUT2D eigenvalue weighted by Gasteiger charge is -2.26.